The van der Waals surface area contributed by atoms with Crippen LogP contribution in [0.1, 0.15) is 25.8 Å². The van der Waals surface area contributed by atoms with Crippen LogP contribution in [0.4, 0.5) is 5.69 Å². The first-order chi connectivity index (χ1) is 9.19. The summed E-state index contributed by atoms with van der Waals surface area (Å²) in [5.41, 5.74) is 2.20. The minimum Gasteiger partial charge on any atom is -0.392 e. The average Bonchev–Trinajstić information content (AvgIpc) is 2.90. The summed E-state index contributed by atoms with van der Waals surface area (Å²) in [6.07, 6.45) is 1.24. The second kappa shape index (κ2) is 6.73. The van der Waals surface area contributed by atoms with Crippen LogP contribution in [-0.4, -0.2) is 42.2 Å². The minimum absolute atomic E-state index is 0.0862. The van der Waals surface area contributed by atoms with Crippen molar-refractivity contribution in [3.05, 3.63) is 28.2 Å². The van der Waals surface area contributed by atoms with Crippen LogP contribution in [-0.2, 0) is 6.61 Å². The highest BCUT2D eigenvalue weighted by Gasteiger charge is 2.26. The van der Waals surface area contributed by atoms with E-state index in [0.29, 0.717) is 6.04 Å². The summed E-state index contributed by atoms with van der Waals surface area (Å²) in [5, 5.41) is 9.20. The molecule has 4 heteroatoms. The van der Waals surface area contributed by atoms with Gasteiger partial charge < -0.3 is 10.0 Å². The molecule has 0 aliphatic carbocycles. The Bertz CT molecular complexity index is 421. The molecular formula is C15H23BrN2O. The number of nitrogens with zero attached hydrogens (tertiary/aromatic N) is 2. The van der Waals surface area contributed by atoms with Crippen LogP contribution in [0.15, 0.2) is 22.7 Å². The highest BCUT2D eigenvalue weighted by atomic mass is 79.9. The summed E-state index contributed by atoms with van der Waals surface area (Å²) in [6, 6.07) is 6.91. The number of anilines is 1. The molecule has 1 aliphatic rings. The van der Waals surface area contributed by atoms with Gasteiger partial charge in [0.25, 0.3) is 0 Å². The molecule has 0 bridgehead atoms. The number of aliphatic hydroxyl groups is 1. The number of rotatable bonds is 5. The van der Waals surface area contributed by atoms with Gasteiger partial charge in [-0.2, -0.15) is 0 Å². The number of benzene rings is 1. The Morgan fingerprint density at radius 1 is 1.37 bits per heavy atom. The molecule has 0 aromatic heterocycles. The van der Waals surface area contributed by atoms with Crippen LogP contribution in [0.2, 0.25) is 0 Å². The Kier molecular flexibility index (Phi) is 5.25. The maximum Gasteiger partial charge on any atom is 0.0692 e. The number of hydrogen-bond acceptors (Lipinski definition) is 3. The van der Waals surface area contributed by atoms with Gasteiger partial charge >= 0.3 is 0 Å². The third-order valence-electron chi connectivity index (χ3n) is 4.06. The molecule has 0 radical (unpaired) electrons. The normalized spacial score (nSPS) is 19.4. The first kappa shape index (κ1) is 14.8. The van der Waals surface area contributed by atoms with Gasteiger partial charge in [0.05, 0.1) is 6.61 Å². The van der Waals surface area contributed by atoms with E-state index in [2.05, 4.69) is 51.7 Å². The van der Waals surface area contributed by atoms with Crippen LogP contribution in [0.25, 0.3) is 0 Å². The van der Waals surface area contributed by atoms with Crippen molar-refractivity contribution in [2.75, 3.05) is 31.1 Å². The fourth-order valence-corrected chi connectivity index (χ4v) is 3.37. The summed E-state index contributed by atoms with van der Waals surface area (Å²) in [4.78, 5) is 4.98. The molecular weight excluding hydrogens is 304 g/mol. The van der Waals surface area contributed by atoms with Gasteiger partial charge in [0, 0.05) is 29.3 Å². The van der Waals surface area contributed by atoms with Gasteiger partial charge in [-0.25, -0.2) is 0 Å². The predicted molar refractivity (Wildman–Crippen MR) is 83.6 cm³/mol. The van der Waals surface area contributed by atoms with Crippen molar-refractivity contribution < 1.29 is 5.11 Å². The molecule has 1 aromatic rings. The summed E-state index contributed by atoms with van der Waals surface area (Å²) < 4.78 is 0.999. The van der Waals surface area contributed by atoms with E-state index in [-0.39, 0.29) is 6.61 Å². The summed E-state index contributed by atoms with van der Waals surface area (Å²) in [6.45, 7) is 9.03. The van der Waals surface area contributed by atoms with Crippen LogP contribution in [0, 0.1) is 0 Å². The molecule has 3 nitrogen and oxygen atoms in total. The molecule has 19 heavy (non-hydrogen) atoms. The molecule has 0 amide bonds. The third-order valence-corrected chi connectivity index (χ3v) is 4.80. The maximum absolute atomic E-state index is 9.20. The van der Waals surface area contributed by atoms with E-state index in [1.165, 1.54) is 12.1 Å². The first-order valence-corrected chi connectivity index (χ1v) is 7.87. The van der Waals surface area contributed by atoms with E-state index in [4.69, 9.17) is 0 Å². The van der Waals surface area contributed by atoms with Gasteiger partial charge in [-0.1, -0.05) is 35.8 Å². The second-order valence-corrected chi connectivity index (χ2v) is 5.90. The van der Waals surface area contributed by atoms with Gasteiger partial charge in [-0.15, -0.1) is 0 Å². The van der Waals surface area contributed by atoms with Crippen LogP contribution >= 0.6 is 15.9 Å². The fraction of sp³-hybridized carbons (Fsp3) is 0.600. The van der Waals surface area contributed by atoms with Crippen molar-refractivity contribution in [2.24, 2.45) is 0 Å². The molecule has 0 saturated carbocycles. The number of likely N-dealkylation sites (N-methyl/N-ethyl adjacent to an activating group) is 1. The SMILES string of the molecule is CCN(CC)C1CCN(c2ccc(CO)c(Br)c2)C1. The van der Waals surface area contributed by atoms with E-state index in [9.17, 15) is 5.11 Å². The fourth-order valence-electron chi connectivity index (χ4n) is 2.88. The van der Waals surface area contributed by atoms with Gasteiger partial charge in [-0.3, -0.25) is 4.90 Å². The van der Waals surface area contributed by atoms with E-state index in [1.54, 1.807) is 0 Å². The standard InChI is InChI=1S/C15H23BrN2O/c1-3-17(4-2)14-7-8-18(10-14)13-6-5-12(11-19)15(16)9-13/h5-6,9,14,19H,3-4,7-8,10-11H2,1-2H3. The summed E-state index contributed by atoms with van der Waals surface area (Å²) >= 11 is 3.53. The van der Waals surface area contributed by atoms with Crippen molar-refractivity contribution in [1.29, 1.82) is 0 Å². The van der Waals surface area contributed by atoms with Gasteiger partial charge in [-0.05, 0) is 37.2 Å². The Morgan fingerprint density at radius 2 is 2.11 bits per heavy atom. The number of halogens is 1. The number of aliphatic hydroxyl groups excluding tert-OH is 1. The topological polar surface area (TPSA) is 26.7 Å². The molecule has 1 unspecified atom stereocenters. The zero-order valence-corrected chi connectivity index (χ0v) is 13.4. The molecule has 1 fully saturated rings. The molecule has 1 atom stereocenters. The highest BCUT2D eigenvalue weighted by molar-refractivity contribution is 9.10. The monoisotopic (exact) mass is 326 g/mol. The zero-order chi connectivity index (χ0) is 13.8. The molecule has 0 spiro atoms. The molecule has 1 aromatic carbocycles. The van der Waals surface area contributed by atoms with Gasteiger partial charge in [0.15, 0.2) is 0 Å². The van der Waals surface area contributed by atoms with Crippen LogP contribution < -0.4 is 4.90 Å². The van der Waals surface area contributed by atoms with E-state index < -0.39 is 0 Å². The van der Waals surface area contributed by atoms with E-state index in [1.807, 2.05) is 6.07 Å². The number of hydrogen-bond donors (Lipinski definition) is 1. The maximum atomic E-state index is 9.20. The molecule has 106 valence electrons. The lowest BCUT2D eigenvalue weighted by Crippen LogP contribution is -2.37. The zero-order valence-electron chi connectivity index (χ0n) is 11.8. The lowest BCUT2D eigenvalue weighted by atomic mass is 10.2. The Hall–Kier alpha value is -0.580. The van der Waals surface area contributed by atoms with Crippen molar-refractivity contribution in [3.63, 3.8) is 0 Å². The Labute approximate surface area is 124 Å². The third kappa shape index (κ3) is 3.30. The lowest BCUT2D eigenvalue weighted by Gasteiger charge is -2.26. The Balaban J connectivity index is 2.06. The average molecular weight is 327 g/mol. The van der Waals surface area contributed by atoms with Crippen molar-refractivity contribution in [1.82, 2.24) is 4.90 Å². The molecule has 1 heterocycles. The van der Waals surface area contributed by atoms with Crippen LogP contribution in [0.5, 0.6) is 0 Å². The Morgan fingerprint density at radius 3 is 2.68 bits per heavy atom. The quantitative estimate of drug-likeness (QED) is 0.901. The molecule has 2 rings (SSSR count). The highest BCUT2D eigenvalue weighted by Crippen LogP contribution is 2.28. The lowest BCUT2D eigenvalue weighted by molar-refractivity contribution is 0.232. The largest absolute Gasteiger partial charge is 0.392 e. The molecule has 1 N–H and O–H groups in total. The second-order valence-electron chi connectivity index (χ2n) is 5.04. The van der Waals surface area contributed by atoms with Crippen molar-refractivity contribution in [2.45, 2.75) is 32.9 Å². The van der Waals surface area contributed by atoms with Crippen molar-refractivity contribution >= 4 is 21.6 Å². The van der Waals surface area contributed by atoms with E-state index in [0.717, 1.165) is 36.2 Å². The summed E-state index contributed by atoms with van der Waals surface area (Å²) in [5.74, 6) is 0. The van der Waals surface area contributed by atoms with Crippen LogP contribution in [0.3, 0.4) is 0 Å². The van der Waals surface area contributed by atoms with Crippen molar-refractivity contribution in [3.8, 4) is 0 Å². The van der Waals surface area contributed by atoms with Gasteiger partial charge in [0.2, 0.25) is 0 Å². The smallest absolute Gasteiger partial charge is 0.0692 e. The van der Waals surface area contributed by atoms with Gasteiger partial charge in [0.1, 0.15) is 0 Å². The van der Waals surface area contributed by atoms with E-state index >= 15 is 0 Å². The summed E-state index contributed by atoms with van der Waals surface area (Å²) in [7, 11) is 0. The molecule has 1 saturated heterocycles. The minimum atomic E-state index is 0.0862. The molecule has 1 aliphatic heterocycles. The predicted octanol–water partition coefficient (Wildman–Crippen LogP) is 2.86. The first-order valence-electron chi connectivity index (χ1n) is 7.07.